The Morgan fingerprint density at radius 3 is 3.00 bits per heavy atom. The van der Waals surface area contributed by atoms with Gasteiger partial charge in [-0.15, -0.1) is 0 Å². The highest BCUT2D eigenvalue weighted by atomic mass is 32.2. The van der Waals surface area contributed by atoms with Crippen molar-refractivity contribution in [1.29, 1.82) is 0 Å². The van der Waals surface area contributed by atoms with Crippen LogP contribution in [0.4, 0.5) is 0 Å². The van der Waals surface area contributed by atoms with Crippen molar-refractivity contribution in [3.05, 3.63) is 23.8 Å². The molecule has 3 N–H and O–H groups in total. The number of aromatic amines is 1. The van der Waals surface area contributed by atoms with E-state index in [4.69, 9.17) is 5.73 Å². The fourth-order valence-corrected chi connectivity index (χ4v) is 2.51. The molecule has 4 nitrogen and oxygen atoms in total. The van der Waals surface area contributed by atoms with Crippen molar-refractivity contribution in [3.63, 3.8) is 0 Å². The van der Waals surface area contributed by atoms with Gasteiger partial charge in [0.05, 0.1) is 16.3 Å². The van der Waals surface area contributed by atoms with Crippen LogP contribution in [0.1, 0.15) is 18.9 Å². The van der Waals surface area contributed by atoms with Crippen LogP contribution >= 0.6 is 11.8 Å². The largest absolute Gasteiger partial charge is 0.369 e. The van der Waals surface area contributed by atoms with Gasteiger partial charge < -0.3 is 10.7 Å². The highest BCUT2D eigenvalue weighted by Crippen LogP contribution is 2.25. The second kappa shape index (κ2) is 4.79. The van der Waals surface area contributed by atoms with E-state index < -0.39 is 0 Å². The maximum absolute atomic E-state index is 11.2. The van der Waals surface area contributed by atoms with Crippen molar-refractivity contribution in [2.75, 3.05) is 0 Å². The number of aromatic nitrogens is 2. The maximum Gasteiger partial charge on any atom is 0.231 e. The van der Waals surface area contributed by atoms with Gasteiger partial charge in [-0.1, -0.05) is 24.8 Å². The molecule has 0 bridgehead atoms. The normalized spacial score (nSPS) is 12.8. The van der Waals surface area contributed by atoms with E-state index in [1.165, 1.54) is 17.3 Å². The minimum absolute atomic E-state index is 0.225. The number of hydrogen-bond donors (Lipinski definition) is 2. The first-order chi connectivity index (χ1) is 8.10. The van der Waals surface area contributed by atoms with E-state index in [0.29, 0.717) is 6.42 Å². The third kappa shape index (κ3) is 2.61. The fraction of sp³-hybridized carbons (Fsp3) is 0.333. The second-order valence-electron chi connectivity index (χ2n) is 3.98. The van der Waals surface area contributed by atoms with E-state index in [2.05, 4.69) is 9.97 Å². The molecule has 0 radical (unpaired) electrons. The van der Waals surface area contributed by atoms with Crippen molar-refractivity contribution in [2.45, 2.75) is 30.7 Å². The standard InChI is InChI=1S/C12H15N3OS/c1-3-10(11(13)16)17-12-14-8-5-4-7(2)6-9(8)15-12/h4-6,10H,3H2,1-2H3,(H2,13,16)(H,14,15). The number of amides is 1. The highest BCUT2D eigenvalue weighted by molar-refractivity contribution is 8.00. The van der Waals surface area contributed by atoms with Crippen LogP contribution in [0.3, 0.4) is 0 Å². The zero-order valence-corrected chi connectivity index (χ0v) is 10.7. The molecule has 1 amide bonds. The molecule has 1 atom stereocenters. The number of hydrogen-bond acceptors (Lipinski definition) is 3. The molecule has 0 saturated carbocycles. The third-order valence-corrected chi connectivity index (χ3v) is 3.82. The van der Waals surface area contributed by atoms with Gasteiger partial charge in [-0.2, -0.15) is 0 Å². The molecule has 0 aliphatic rings. The third-order valence-electron chi connectivity index (χ3n) is 2.56. The lowest BCUT2D eigenvalue weighted by Gasteiger charge is -2.06. The van der Waals surface area contributed by atoms with Gasteiger partial charge in [0, 0.05) is 0 Å². The van der Waals surface area contributed by atoms with Crippen LogP contribution in [0.2, 0.25) is 0 Å². The van der Waals surface area contributed by atoms with Crippen LogP contribution in [0.25, 0.3) is 11.0 Å². The Kier molecular flexibility index (Phi) is 3.38. The molecule has 0 fully saturated rings. The van der Waals surface area contributed by atoms with E-state index in [0.717, 1.165) is 16.2 Å². The molecule has 1 aromatic carbocycles. The van der Waals surface area contributed by atoms with Gasteiger partial charge >= 0.3 is 0 Å². The van der Waals surface area contributed by atoms with Crippen LogP contribution in [0.15, 0.2) is 23.4 Å². The topological polar surface area (TPSA) is 71.8 Å². The Morgan fingerprint density at radius 2 is 2.35 bits per heavy atom. The molecule has 90 valence electrons. The SMILES string of the molecule is CCC(Sc1nc2ccc(C)cc2[nH]1)C(N)=O. The number of nitrogens with two attached hydrogens (primary N) is 1. The lowest BCUT2D eigenvalue weighted by Crippen LogP contribution is -2.24. The number of fused-ring (bicyclic) bond motifs is 1. The van der Waals surface area contributed by atoms with Crippen molar-refractivity contribution in [3.8, 4) is 0 Å². The summed E-state index contributed by atoms with van der Waals surface area (Å²) in [5, 5.41) is 0.521. The molecule has 1 heterocycles. The zero-order chi connectivity index (χ0) is 12.4. The van der Waals surface area contributed by atoms with E-state index in [1.807, 2.05) is 32.0 Å². The van der Waals surface area contributed by atoms with Crippen LogP contribution < -0.4 is 5.73 Å². The lowest BCUT2D eigenvalue weighted by atomic mass is 10.2. The number of rotatable bonds is 4. The van der Waals surface area contributed by atoms with Crippen molar-refractivity contribution in [2.24, 2.45) is 5.73 Å². The summed E-state index contributed by atoms with van der Waals surface area (Å²) in [6, 6.07) is 6.02. The Bertz CT molecular complexity index is 550. The van der Waals surface area contributed by atoms with Gasteiger partial charge in [0.15, 0.2) is 5.16 Å². The van der Waals surface area contributed by atoms with Gasteiger partial charge in [0.1, 0.15) is 0 Å². The van der Waals surface area contributed by atoms with Crippen LogP contribution in [0, 0.1) is 6.92 Å². The number of carbonyl (C=O) groups excluding carboxylic acids is 1. The summed E-state index contributed by atoms with van der Waals surface area (Å²) in [7, 11) is 0. The smallest absolute Gasteiger partial charge is 0.231 e. The Morgan fingerprint density at radius 1 is 1.59 bits per heavy atom. The summed E-state index contributed by atoms with van der Waals surface area (Å²) in [6.45, 7) is 3.97. The molecule has 0 aliphatic heterocycles. The number of primary amides is 1. The summed E-state index contributed by atoms with van der Waals surface area (Å²) in [5.41, 5.74) is 8.40. The molecule has 0 aliphatic carbocycles. The van der Waals surface area contributed by atoms with E-state index >= 15 is 0 Å². The quantitative estimate of drug-likeness (QED) is 0.816. The summed E-state index contributed by atoms with van der Waals surface area (Å²) < 4.78 is 0. The maximum atomic E-state index is 11.2. The van der Waals surface area contributed by atoms with Gasteiger partial charge in [-0.05, 0) is 31.0 Å². The van der Waals surface area contributed by atoms with E-state index in [9.17, 15) is 4.79 Å². The van der Waals surface area contributed by atoms with Gasteiger partial charge in [-0.25, -0.2) is 4.98 Å². The average Bonchev–Trinajstić information content (AvgIpc) is 2.66. The van der Waals surface area contributed by atoms with Crippen LogP contribution in [-0.2, 0) is 4.79 Å². The first kappa shape index (κ1) is 12.0. The number of nitrogens with zero attached hydrogens (tertiary/aromatic N) is 1. The summed E-state index contributed by atoms with van der Waals surface area (Å²) in [6.07, 6.45) is 0.704. The average molecular weight is 249 g/mol. The van der Waals surface area contributed by atoms with Crippen LogP contribution in [-0.4, -0.2) is 21.1 Å². The molecular weight excluding hydrogens is 234 g/mol. The molecule has 2 rings (SSSR count). The number of H-pyrrole nitrogens is 1. The summed E-state index contributed by atoms with van der Waals surface area (Å²) >= 11 is 1.39. The Hall–Kier alpha value is -1.49. The highest BCUT2D eigenvalue weighted by Gasteiger charge is 2.16. The monoisotopic (exact) mass is 249 g/mol. The number of imidazole rings is 1. The molecular formula is C12H15N3OS. The minimum atomic E-state index is -0.297. The van der Waals surface area contributed by atoms with Crippen LogP contribution in [0.5, 0.6) is 0 Å². The van der Waals surface area contributed by atoms with Crippen molar-refractivity contribution in [1.82, 2.24) is 9.97 Å². The van der Waals surface area contributed by atoms with Crippen molar-refractivity contribution < 1.29 is 4.79 Å². The van der Waals surface area contributed by atoms with Gasteiger partial charge in [0.2, 0.25) is 5.91 Å². The minimum Gasteiger partial charge on any atom is -0.369 e. The first-order valence-corrected chi connectivity index (χ1v) is 6.40. The number of carbonyl (C=O) groups is 1. The van der Waals surface area contributed by atoms with Gasteiger partial charge in [0.25, 0.3) is 0 Å². The molecule has 2 aromatic rings. The predicted molar refractivity (Wildman–Crippen MR) is 70.0 cm³/mol. The molecule has 1 unspecified atom stereocenters. The van der Waals surface area contributed by atoms with E-state index in [1.54, 1.807) is 0 Å². The molecule has 0 saturated heterocycles. The lowest BCUT2D eigenvalue weighted by molar-refractivity contribution is -0.117. The van der Waals surface area contributed by atoms with Crippen molar-refractivity contribution >= 4 is 28.7 Å². The molecule has 17 heavy (non-hydrogen) atoms. The summed E-state index contributed by atoms with van der Waals surface area (Å²) in [4.78, 5) is 18.8. The zero-order valence-electron chi connectivity index (χ0n) is 9.86. The second-order valence-corrected chi connectivity index (χ2v) is 5.17. The molecule has 5 heteroatoms. The molecule has 1 aromatic heterocycles. The Labute approximate surface area is 104 Å². The number of aryl methyl sites for hydroxylation is 1. The van der Waals surface area contributed by atoms with Gasteiger partial charge in [-0.3, -0.25) is 4.79 Å². The fourth-order valence-electron chi connectivity index (χ4n) is 1.63. The Balaban J connectivity index is 2.27. The predicted octanol–water partition coefficient (Wildman–Crippen LogP) is 2.23. The summed E-state index contributed by atoms with van der Waals surface area (Å²) in [5.74, 6) is -0.297. The van der Waals surface area contributed by atoms with E-state index in [-0.39, 0.29) is 11.2 Å². The first-order valence-electron chi connectivity index (χ1n) is 5.52. The molecule has 0 spiro atoms. The number of nitrogens with one attached hydrogen (secondary N) is 1. The number of thioether (sulfide) groups is 1. The number of benzene rings is 1.